The van der Waals surface area contributed by atoms with Crippen molar-refractivity contribution in [3.63, 3.8) is 0 Å². The molecule has 0 unspecified atom stereocenters. The predicted octanol–water partition coefficient (Wildman–Crippen LogP) is 2.34. The zero-order chi connectivity index (χ0) is 18.9. The van der Waals surface area contributed by atoms with E-state index in [0.29, 0.717) is 25.1 Å². The van der Waals surface area contributed by atoms with Gasteiger partial charge in [0.1, 0.15) is 6.04 Å². The topological polar surface area (TPSA) is 49.9 Å². The molecule has 0 aromatic heterocycles. The first kappa shape index (κ1) is 18.8. The first-order valence-electron chi connectivity index (χ1n) is 8.87. The third kappa shape index (κ3) is 3.72. The molecule has 2 aliphatic heterocycles. The van der Waals surface area contributed by atoms with Gasteiger partial charge in [-0.15, -0.1) is 0 Å². The summed E-state index contributed by atoms with van der Waals surface area (Å²) in [7, 11) is 1.38. The molecule has 2 saturated heterocycles. The van der Waals surface area contributed by atoms with Crippen LogP contribution in [0.15, 0.2) is 18.2 Å². The number of esters is 1. The predicted molar refractivity (Wildman–Crippen MR) is 91.1 cm³/mol. The Kier molecular flexibility index (Phi) is 5.27. The van der Waals surface area contributed by atoms with Gasteiger partial charge in [-0.2, -0.15) is 0 Å². The number of piperidine rings is 1. The fourth-order valence-corrected chi connectivity index (χ4v) is 4.02. The molecule has 142 valence electrons. The highest BCUT2D eigenvalue weighted by Crippen LogP contribution is 2.41. The molecule has 0 radical (unpaired) electrons. The van der Waals surface area contributed by atoms with E-state index in [-0.39, 0.29) is 23.3 Å². The number of carbonyl (C=O) groups excluding carboxylic acids is 2. The van der Waals surface area contributed by atoms with E-state index in [2.05, 4.69) is 4.90 Å². The summed E-state index contributed by atoms with van der Waals surface area (Å²) in [6.45, 7) is 4.22. The van der Waals surface area contributed by atoms with Crippen LogP contribution >= 0.6 is 0 Å². The van der Waals surface area contributed by atoms with Gasteiger partial charge < -0.3 is 9.64 Å². The van der Waals surface area contributed by atoms with E-state index in [4.69, 9.17) is 4.74 Å². The van der Waals surface area contributed by atoms with Gasteiger partial charge >= 0.3 is 5.97 Å². The lowest BCUT2D eigenvalue weighted by Crippen LogP contribution is -2.48. The lowest BCUT2D eigenvalue weighted by molar-refractivity contribution is -0.147. The number of amides is 1. The highest BCUT2D eigenvalue weighted by atomic mass is 19.2. The molecule has 26 heavy (non-hydrogen) atoms. The molecule has 2 fully saturated rings. The Bertz CT molecular complexity index is 702. The Labute approximate surface area is 151 Å². The molecule has 5 nitrogen and oxygen atoms in total. The van der Waals surface area contributed by atoms with Crippen LogP contribution in [-0.4, -0.2) is 54.5 Å². The van der Waals surface area contributed by atoms with Crippen LogP contribution in [-0.2, 0) is 20.9 Å². The van der Waals surface area contributed by atoms with Crippen molar-refractivity contribution < 1.29 is 23.1 Å². The smallest absolute Gasteiger partial charge is 0.322 e. The maximum Gasteiger partial charge on any atom is 0.322 e. The minimum Gasteiger partial charge on any atom is -0.468 e. The van der Waals surface area contributed by atoms with E-state index in [1.807, 2.05) is 6.92 Å². The quantitative estimate of drug-likeness (QED) is 0.768. The molecule has 1 spiro atoms. The average molecular weight is 366 g/mol. The van der Waals surface area contributed by atoms with Gasteiger partial charge in [0.2, 0.25) is 5.91 Å². The van der Waals surface area contributed by atoms with Crippen molar-refractivity contribution in [1.29, 1.82) is 0 Å². The molecule has 0 bridgehead atoms. The second-order valence-electron chi connectivity index (χ2n) is 7.41. The van der Waals surface area contributed by atoms with E-state index in [1.54, 1.807) is 4.90 Å². The van der Waals surface area contributed by atoms with E-state index in [9.17, 15) is 18.4 Å². The van der Waals surface area contributed by atoms with Gasteiger partial charge in [0, 0.05) is 19.5 Å². The minimum atomic E-state index is -0.894. The summed E-state index contributed by atoms with van der Waals surface area (Å²) in [6, 6.07) is 3.46. The minimum absolute atomic E-state index is 0.0456. The van der Waals surface area contributed by atoms with Crippen molar-refractivity contribution in [3.05, 3.63) is 35.4 Å². The molecular weight excluding hydrogens is 342 g/mol. The van der Waals surface area contributed by atoms with Crippen LogP contribution in [0.25, 0.3) is 0 Å². The SMILES string of the molecule is COC(=O)[C@H](C)N1CCC2(CC1)CC(=O)N(Cc1ccc(F)c(F)c1)C2. The van der Waals surface area contributed by atoms with Crippen molar-refractivity contribution in [2.24, 2.45) is 5.41 Å². The Morgan fingerprint density at radius 3 is 2.58 bits per heavy atom. The summed E-state index contributed by atoms with van der Waals surface area (Å²) < 4.78 is 31.3. The number of benzene rings is 1. The number of halogens is 2. The molecule has 1 aromatic carbocycles. The Balaban J connectivity index is 1.61. The second kappa shape index (κ2) is 7.31. The van der Waals surface area contributed by atoms with E-state index in [0.717, 1.165) is 38.1 Å². The first-order valence-corrected chi connectivity index (χ1v) is 8.87. The molecule has 7 heteroatoms. The molecule has 0 saturated carbocycles. The standard InChI is InChI=1S/C19H24F2N2O3/c1-13(18(25)26-2)22-7-5-19(6-8-22)10-17(24)23(12-19)11-14-3-4-15(20)16(21)9-14/h3-4,9,13H,5-8,10-12H2,1-2H3/t13-/m0/s1. The molecule has 2 aliphatic rings. The van der Waals surface area contributed by atoms with Crippen molar-refractivity contribution >= 4 is 11.9 Å². The zero-order valence-electron chi connectivity index (χ0n) is 15.1. The fraction of sp³-hybridized carbons (Fsp3) is 0.579. The van der Waals surface area contributed by atoms with E-state index >= 15 is 0 Å². The number of rotatable bonds is 4. The number of likely N-dealkylation sites (tertiary alicyclic amines) is 2. The monoisotopic (exact) mass is 366 g/mol. The van der Waals surface area contributed by atoms with Gasteiger partial charge in [0.15, 0.2) is 11.6 Å². The highest BCUT2D eigenvalue weighted by molar-refractivity contribution is 5.79. The molecular formula is C19H24F2N2O3. The molecule has 1 aromatic rings. The van der Waals surface area contributed by atoms with Gasteiger partial charge in [0.25, 0.3) is 0 Å². The van der Waals surface area contributed by atoms with Crippen LogP contribution in [0.2, 0.25) is 0 Å². The Hall–Kier alpha value is -2.02. The maximum atomic E-state index is 13.4. The number of nitrogens with zero attached hydrogens (tertiary/aromatic N) is 2. The van der Waals surface area contributed by atoms with Crippen molar-refractivity contribution in [1.82, 2.24) is 9.80 Å². The lowest BCUT2D eigenvalue weighted by Gasteiger charge is -2.40. The number of methoxy groups -OCH3 is 1. The Morgan fingerprint density at radius 2 is 1.96 bits per heavy atom. The van der Waals surface area contributed by atoms with E-state index < -0.39 is 11.6 Å². The fourth-order valence-electron chi connectivity index (χ4n) is 4.02. The molecule has 3 rings (SSSR count). The summed E-state index contributed by atoms with van der Waals surface area (Å²) >= 11 is 0. The van der Waals surface area contributed by atoms with Gasteiger partial charge in [-0.1, -0.05) is 6.07 Å². The molecule has 1 atom stereocenters. The summed E-state index contributed by atoms with van der Waals surface area (Å²) in [5, 5.41) is 0. The third-order valence-corrected chi connectivity index (χ3v) is 5.71. The van der Waals surface area contributed by atoms with Crippen molar-refractivity contribution in [2.45, 2.75) is 38.8 Å². The molecule has 2 heterocycles. The van der Waals surface area contributed by atoms with Crippen molar-refractivity contribution in [2.75, 3.05) is 26.7 Å². The van der Waals surface area contributed by atoms with Crippen LogP contribution in [0, 0.1) is 17.0 Å². The van der Waals surface area contributed by atoms with Crippen LogP contribution in [0.4, 0.5) is 8.78 Å². The van der Waals surface area contributed by atoms with Crippen LogP contribution in [0.3, 0.4) is 0 Å². The summed E-state index contributed by atoms with van der Waals surface area (Å²) in [6.07, 6.45) is 2.12. The highest BCUT2D eigenvalue weighted by Gasteiger charge is 2.45. The van der Waals surface area contributed by atoms with Crippen LogP contribution < -0.4 is 0 Å². The van der Waals surface area contributed by atoms with Crippen molar-refractivity contribution in [3.8, 4) is 0 Å². The lowest BCUT2D eigenvalue weighted by atomic mass is 9.77. The third-order valence-electron chi connectivity index (χ3n) is 5.71. The van der Waals surface area contributed by atoms with Gasteiger partial charge in [-0.3, -0.25) is 14.5 Å². The normalized spacial score (nSPS) is 21.2. The number of ether oxygens (including phenoxy) is 1. The summed E-state index contributed by atoms with van der Waals surface area (Å²) in [5.41, 5.74) is 0.494. The van der Waals surface area contributed by atoms with Crippen LogP contribution in [0.5, 0.6) is 0 Å². The second-order valence-corrected chi connectivity index (χ2v) is 7.41. The molecule has 1 amide bonds. The molecule has 0 aliphatic carbocycles. The Morgan fingerprint density at radius 1 is 1.27 bits per heavy atom. The van der Waals surface area contributed by atoms with Gasteiger partial charge in [-0.25, -0.2) is 8.78 Å². The number of carbonyl (C=O) groups is 2. The van der Waals surface area contributed by atoms with Gasteiger partial charge in [-0.05, 0) is 56.0 Å². The van der Waals surface area contributed by atoms with Crippen LogP contribution in [0.1, 0.15) is 31.7 Å². The van der Waals surface area contributed by atoms with Gasteiger partial charge in [0.05, 0.1) is 7.11 Å². The zero-order valence-corrected chi connectivity index (χ0v) is 15.1. The van der Waals surface area contributed by atoms with E-state index in [1.165, 1.54) is 13.2 Å². The molecule has 0 N–H and O–H groups in total. The summed E-state index contributed by atoms with van der Waals surface area (Å²) in [4.78, 5) is 28.0. The summed E-state index contributed by atoms with van der Waals surface area (Å²) in [5.74, 6) is -1.98. The first-order chi connectivity index (χ1) is 12.3. The average Bonchev–Trinajstić information content (AvgIpc) is 2.92. The number of hydrogen-bond acceptors (Lipinski definition) is 4. The largest absolute Gasteiger partial charge is 0.468 e. The number of hydrogen-bond donors (Lipinski definition) is 0. The maximum absolute atomic E-state index is 13.4.